The molecule has 0 aliphatic heterocycles. The monoisotopic (exact) mass is 670 g/mol. The Hall–Kier alpha value is -3.97. The number of carbonyl (C=O) groups excluding carboxylic acids is 2. The van der Waals surface area contributed by atoms with Crippen molar-refractivity contribution >= 4 is 17.5 Å². The van der Waals surface area contributed by atoms with E-state index in [-0.39, 0.29) is 35.4 Å². The Balaban J connectivity index is 1.32. The molecule has 0 saturated heterocycles. The molecular formula is C26H27F9N8O3. The van der Waals surface area contributed by atoms with E-state index < -0.39 is 98.5 Å². The molecule has 0 radical (unpaired) electrons. The number of imidazole rings is 1. The maximum absolute atomic E-state index is 14.0. The number of aromatic nitrogens is 6. The van der Waals surface area contributed by atoms with Crippen LogP contribution < -0.4 is 10.6 Å². The van der Waals surface area contributed by atoms with Crippen LogP contribution in [0.4, 0.5) is 39.5 Å². The molecule has 0 bridgehead atoms. The SMILES string of the molecule is O=C(CCC(F)(F)F)N[C@H](O)c1cnn2cc([C@@H](NC(=O)c3cn(CC4CC(F)(F)C4(F)F)nn3)C3CCC(F)(F)CC3)nc2c1. The maximum Gasteiger partial charge on any atom is 0.389 e. The largest absolute Gasteiger partial charge is 0.389 e. The van der Waals surface area contributed by atoms with E-state index in [1.54, 1.807) is 0 Å². The molecule has 11 nitrogen and oxygen atoms in total. The molecule has 252 valence electrons. The van der Waals surface area contributed by atoms with Gasteiger partial charge in [-0.2, -0.15) is 35.8 Å². The lowest BCUT2D eigenvalue weighted by Crippen LogP contribution is -2.59. The fraction of sp³-hybridized carbons (Fsp3) is 0.615. The van der Waals surface area contributed by atoms with Gasteiger partial charge >= 0.3 is 18.0 Å². The third-order valence-electron chi connectivity index (χ3n) is 8.13. The average Bonchev–Trinajstić information content (AvgIpc) is 3.61. The summed E-state index contributed by atoms with van der Waals surface area (Å²) in [4.78, 5) is 29.4. The van der Waals surface area contributed by atoms with Gasteiger partial charge in [-0.05, 0) is 24.8 Å². The molecule has 0 spiro atoms. The molecule has 20 heteroatoms. The number of nitrogens with zero attached hydrogens (tertiary/aromatic N) is 6. The van der Waals surface area contributed by atoms with E-state index in [0.29, 0.717) is 0 Å². The Kier molecular flexibility index (Phi) is 8.71. The zero-order valence-corrected chi connectivity index (χ0v) is 23.6. The van der Waals surface area contributed by atoms with E-state index in [9.17, 15) is 54.2 Å². The fourth-order valence-electron chi connectivity index (χ4n) is 5.45. The first-order valence-corrected chi connectivity index (χ1v) is 14.1. The highest BCUT2D eigenvalue weighted by molar-refractivity contribution is 5.92. The minimum atomic E-state index is -4.57. The third-order valence-corrected chi connectivity index (χ3v) is 8.13. The molecule has 3 heterocycles. The van der Waals surface area contributed by atoms with Gasteiger partial charge in [0.1, 0.15) is 0 Å². The molecule has 46 heavy (non-hydrogen) atoms. The van der Waals surface area contributed by atoms with Crippen molar-refractivity contribution in [3.63, 3.8) is 0 Å². The summed E-state index contributed by atoms with van der Waals surface area (Å²) < 4.78 is 121. The summed E-state index contributed by atoms with van der Waals surface area (Å²) in [6.07, 6.45) is -7.19. The number of hydrogen-bond donors (Lipinski definition) is 3. The molecule has 2 aliphatic carbocycles. The number of rotatable bonds is 10. The lowest BCUT2D eigenvalue weighted by molar-refractivity contribution is -0.316. The first-order chi connectivity index (χ1) is 21.3. The molecule has 3 aromatic rings. The van der Waals surface area contributed by atoms with Crippen LogP contribution in [0.25, 0.3) is 5.65 Å². The normalized spacial score (nSPS) is 22.2. The van der Waals surface area contributed by atoms with Crippen molar-refractivity contribution in [1.29, 1.82) is 0 Å². The topological polar surface area (TPSA) is 139 Å². The Labute approximate surface area is 253 Å². The van der Waals surface area contributed by atoms with Crippen LogP contribution >= 0.6 is 0 Å². The van der Waals surface area contributed by atoms with Gasteiger partial charge in [0.25, 0.3) is 5.91 Å². The van der Waals surface area contributed by atoms with Crippen molar-refractivity contribution in [1.82, 2.24) is 40.2 Å². The zero-order chi connectivity index (χ0) is 33.7. The van der Waals surface area contributed by atoms with E-state index in [4.69, 9.17) is 0 Å². The lowest BCUT2D eigenvalue weighted by Gasteiger charge is -2.43. The molecule has 5 rings (SSSR count). The van der Waals surface area contributed by atoms with Gasteiger partial charge in [0.2, 0.25) is 11.8 Å². The summed E-state index contributed by atoms with van der Waals surface area (Å²) in [7, 11) is 0. The second-order valence-electron chi connectivity index (χ2n) is 11.5. The number of amides is 2. The minimum absolute atomic E-state index is 0.0230. The predicted molar refractivity (Wildman–Crippen MR) is 137 cm³/mol. The first kappa shape index (κ1) is 33.4. The molecule has 2 saturated carbocycles. The van der Waals surface area contributed by atoms with Gasteiger partial charge in [-0.3, -0.25) is 14.3 Å². The molecule has 2 aliphatic rings. The molecule has 3 atom stereocenters. The van der Waals surface area contributed by atoms with Gasteiger partial charge < -0.3 is 15.7 Å². The highest BCUT2D eigenvalue weighted by Gasteiger charge is 2.71. The summed E-state index contributed by atoms with van der Waals surface area (Å²) in [5, 5.41) is 26.3. The van der Waals surface area contributed by atoms with Crippen LogP contribution in [0.2, 0.25) is 0 Å². The second kappa shape index (κ2) is 12.0. The predicted octanol–water partition coefficient (Wildman–Crippen LogP) is 4.36. The number of nitrogens with one attached hydrogen (secondary N) is 2. The Morgan fingerprint density at radius 2 is 1.76 bits per heavy atom. The molecule has 3 aromatic heterocycles. The molecule has 3 N–H and O–H groups in total. The summed E-state index contributed by atoms with van der Waals surface area (Å²) >= 11 is 0. The van der Waals surface area contributed by atoms with Gasteiger partial charge in [-0.15, -0.1) is 5.10 Å². The van der Waals surface area contributed by atoms with Crippen molar-refractivity contribution in [2.45, 2.75) is 87.7 Å². The van der Waals surface area contributed by atoms with Crippen LogP contribution in [0.3, 0.4) is 0 Å². The smallest absolute Gasteiger partial charge is 0.369 e. The van der Waals surface area contributed by atoms with Crippen molar-refractivity contribution in [3.8, 4) is 0 Å². The number of fused-ring (bicyclic) bond motifs is 1. The van der Waals surface area contributed by atoms with Gasteiger partial charge in [0.05, 0.1) is 49.2 Å². The Morgan fingerprint density at radius 1 is 1.07 bits per heavy atom. The first-order valence-electron chi connectivity index (χ1n) is 14.1. The molecule has 2 fully saturated rings. The van der Waals surface area contributed by atoms with E-state index in [1.807, 2.05) is 5.32 Å². The van der Waals surface area contributed by atoms with Gasteiger partial charge in [0.15, 0.2) is 17.6 Å². The maximum atomic E-state index is 14.0. The van der Waals surface area contributed by atoms with Crippen LogP contribution in [0, 0.1) is 11.8 Å². The second-order valence-corrected chi connectivity index (χ2v) is 11.5. The standard InChI is InChI=1S/C26H27F9N8O3/c27-23(28)4-1-13(2-5-23)20(39-22(46)17-11-42(41-40-17)10-15-8-24(29,30)26(15,34)35)16-12-43-18(37-16)7-14(9-36-43)21(45)38-19(44)3-6-25(31,32)33/h7,9,11-13,15,20-21,45H,1-6,8,10H2,(H,38,44)(H,39,46)/t15?,20-,21+/m0/s1. The number of carbonyl (C=O) groups is 2. The van der Waals surface area contributed by atoms with E-state index >= 15 is 0 Å². The van der Waals surface area contributed by atoms with E-state index in [2.05, 4.69) is 25.7 Å². The van der Waals surface area contributed by atoms with Crippen LogP contribution in [0.15, 0.2) is 24.7 Å². The zero-order valence-electron chi connectivity index (χ0n) is 23.6. The summed E-state index contributed by atoms with van der Waals surface area (Å²) in [6, 6.07) is 0.269. The third kappa shape index (κ3) is 7.20. The van der Waals surface area contributed by atoms with Crippen molar-refractivity contribution in [3.05, 3.63) is 41.6 Å². The van der Waals surface area contributed by atoms with Crippen LogP contribution in [-0.4, -0.2) is 70.5 Å². The quantitative estimate of drug-likeness (QED) is 0.215. The molecule has 1 unspecified atom stereocenters. The van der Waals surface area contributed by atoms with Gasteiger partial charge in [0, 0.05) is 31.2 Å². The highest BCUT2D eigenvalue weighted by Crippen LogP contribution is 2.55. The van der Waals surface area contributed by atoms with Gasteiger partial charge in [-0.25, -0.2) is 18.3 Å². The van der Waals surface area contributed by atoms with Crippen LogP contribution in [-0.2, 0) is 11.3 Å². The van der Waals surface area contributed by atoms with Crippen LogP contribution in [0.1, 0.15) is 79.0 Å². The summed E-state index contributed by atoms with van der Waals surface area (Å²) in [5.41, 5.74) is -0.162. The molecule has 0 aromatic carbocycles. The van der Waals surface area contributed by atoms with Crippen molar-refractivity contribution in [2.24, 2.45) is 11.8 Å². The molecule has 2 amide bonds. The Morgan fingerprint density at radius 3 is 2.39 bits per heavy atom. The number of halogens is 9. The lowest BCUT2D eigenvalue weighted by atomic mass is 9.77. The highest BCUT2D eigenvalue weighted by atomic mass is 19.4. The number of aliphatic hydroxyl groups excluding tert-OH is 1. The summed E-state index contributed by atoms with van der Waals surface area (Å²) in [6.45, 7) is -0.626. The van der Waals surface area contributed by atoms with Crippen molar-refractivity contribution < 1.29 is 54.2 Å². The van der Waals surface area contributed by atoms with E-state index in [0.717, 1.165) is 17.1 Å². The Bertz CT molecular complexity index is 1580. The average molecular weight is 671 g/mol. The number of hydrogen-bond acceptors (Lipinski definition) is 7. The number of alkyl halides is 9. The fourth-order valence-corrected chi connectivity index (χ4v) is 5.45. The summed E-state index contributed by atoms with van der Waals surface area (Å²) in [5.74, 6) is -15.5. The van der Waals surface area contributed by atoms with Crippen LogP contribution in [0.5, 0.6) is 0 Å². The number of aliphatic hydroxyl groups is 1. The molecular weight excluding hydrogens is 643 g/mol. The minimum Gasteiger partial charge on any atom is -0.369 e. The van der Waals surface area contributed by atoms with Gasteiger partial charge in [-0.1, -0.05) is 5.21 Å². The van der Waals surface area contributed by atoms with Crippen molar-refractivity contribution in [2.75, 3.05) is 0 Å². The van der Waals surface area contributed by atoms with E-state index in [1.165, 1.54) is 16.8 Å².